The van der Waals surface area contributed by atoms with Crippen LogP contribution in [0.3, 0.4) is 0 Å². The summed E-state index contributed by atoms with van der Waals surface area (Å²) in [7, 11) is 0. The molecule has 5 nitrogen and oxygen atoms in total. The number of rotatable bonds is 7. The average Bonchev–Trinajstić information content (AvgIpc) is 2.78. The molecular formula is C22H14BrCl2F7N4O. The number of alkyl halides is 7. The van der Waals surface area contributed by atoms with E-state index in [-0.39, 0.29) is 41.4 Å². The van der Waals surface area contributed by atoms with Crippen molar-refractivity contribution in [2.45, 2.75) is 31.0 Å². The van der Waals surface area contributed by atoms with Crippen LogP contribution in [-0.4, -0.2) is 24.5 Å². The quantitative estimate of drug-likeness (QED) is 0.248. The number of amides is 1. The zero-order valence-corrected chi connectivity index (χ0v) is 21.2. The third kappa shape index (κ3) is 6.74. The molecule has 0 bridgehead atoms. The van der Waals surface area contributed by atoms with Crippen LogP contribution >= 0.6 is 39.1 Å². The topological polar surface area (TPSA) is 91.3 Å². The van der Waals surface area contributed by atoms with Crippen molar-refractivity contribution in [3.8, 4) is 6.07 Å². The number of nitrogens with zero attached hydrogens (tertiary/aromatic N) is 2. The van der Waals surface area contributed by atoms with E-state index < -0.39 is 39.0 Å². The second kappa shape index (κ2) is 11.7. The van der Waals surface area contributed by atoms with Gasteiger partial charge in [0.15, 0.2) is 0 Å². The van der Waals surface area contributed by atoms with Crippen molar-refractivity contribution in [1.29, 1.82) is 5.26 Å². The van der Waals surface area contributed by atoms with E-state index in [1.165, 1.54) is 18.2 Å². The van der Waals surface area contributed by atoms with Crippen LogP contribution < -0.4 is 11.1 Å². The Balaban J connectivity index is 2.42. The predicted molar refractivity (Wildman–Crippen MR) is 128 cm³/mol. The maximum Gasteiger partial charge on any atom is 0.435 e. The second-order valence-corrected chi connectivity index (χ2v) is 8.91. The lowest BCUT2D eigenvalue weighted by Gasteiger charge is -2.30. The van der Waals surface area contributed by atoms with Crippen LogP contribution in [0, 0.1) is 11.3 Å². The Hall–Kier alpha value is -2.82. The number of nitrogens with one attached hydrogen (secondary N) is 1. The normalized spacial score (nSPS) is 13.1. The molecule has 198 valence electrons. The molecule has 0 saturated heterocycles. The molecule has 0 fully saturated rings. The van der Waals surface area contributed by atoms with Crippen LogP contribution in [0.15, 0.2) is 46.0 Å². The van der Waals surface area contributed by atoms with E-state index in [1.54, 1.807) is 6.07 Å². The first-order valence-corrected chi connectivity index (χ1v) is 11.3. The van der Waals surface area contributed by atoms with Gasteiger partial charge in [0.25, 0.3) is 0 Å². The summed E-state index contributed by atoms with van der Waals surface area (Å²) >= 11 is 14.8. The van der Waals surface area contributed by atoms with Gasteiger partial charge in [-0.15, -0.1) is 0 Å². The lowest BCUT2D eigenvalue weighted by molar-refractivity contribution is -0.348. The molecule has 0 heterocycles. The minimum absolute atomic E-state index is 0.0234. The van der Waals surface area contributed by atoms with Crippen LogP contribution in [0.25, 0.3) is 5.57 Å². The molecule has 15 heteroatoms. The zero-order chi connectivity index (χ0) is 28.2. The minimum Gasteiger partial charge on any atom is -0.404 e. The number of halogens is 10. The molecule has 0 aliphatic carbocycles. The number of benzene rings is 2. The van der Waals surface area contributed by atoms with Gasteiger partial charge in [-0.25, -0.2) is 4.39 Å². The first-order chi connectivity index (χ1) is 17.1. The first kappa shape index (κ1) is 30.4. The Bertz CT molecular complexity index is 1250. The molecule has 0 atom stereocenters. The highest BCUT2D eigenvalue weighted by Gasteiger charge is 2.73. The van der Waals surface area contributed by atoms with Crippen LogP contribution in [0.4, 0.5) is 36.4 Å². The van der Waals surface area contributed by atoms with Gasteiger partial charge in [-0.3, -0.25) is 9.79 Å². The minimum atomic E-state index is -6.31. The van der Waals surface area contributed by atoms with Gasteiger partial charge >= 0.3 is 18.0 Å². The summed E-state index contributed by atoms with van der Waals surface area (Å²) in [6.45, 7) is -0.0234. The summed E-state index contributed by atoms with van der Waals surface area (Å²) < 4.78 is 92.5. The van der Waals surface area contributed by atoms with Crippen molar-refractivity contribution in [3.05, 3.63) is 67.7 Å². The fourth-order valence-corrected chi connectivity index (χ4v) is 4.07. The number of carbonyl (C=O) groups is 1. The number of nitrogens with two attached hydrogens (primary N) is 1. The molecule has 0 saturated carbocycles. The van der Waals surface area contributed by atoms with Gasteiger partial charge in [-0.1, -0.05) is 29.3 Å². The standard InChI is InChI=1S/C22H14BrCl2F7N4O/c23-15-6-14(20(26,21(27,28)29)22(30,31)32)7-17(25)19(15)36-10-13(8-34)11-1-2-16(24)12(5-11)9-35-18(37)3-4-33/h1-2,5-8,10H,3,9,34H2,(H,35,37). The van der Waals surface area contributed by atoms with E-state index in [2.05, 4.69) is 26.2 Å². The summed E-state index contributed by atoms with van der Waals surface area (Å²) in [5.74, 6) is -0.531. The number of nitriles is 1. The first-order valence-electron chi connectivity index (χ1n) is 9.77. The molecule has 0 unspecified atom stereocenters. The Labute approximate surface area is 223 Å². The highest BCUT2D eigenvalue weighted by Crippen LogP contribution is 2.54. The summed E-state index contributed by atoms with van der Waals surface area (Å²) in [6.07, 6.45) is -10.8. The molecule has 0 spiro atoms. The largest absolute Gasteiger partial charge is 0.435 e. The predicted octanol–water partition coefficient (Wildman–Crippen LogP) is 7.28. The summed E-state index contributed by atoms with van der Waals surface area (Å²) in [6, 6.07) is 6.70. The molecule has 0 aliphatic rings. The van der Waals surface area contributed by atoms with Gasteiger partial charge in [0, 0.05) is 39.6 Å². The van der Waals surface area contributed by atoms with Gasteiger partial charge in [-0.05, 0) is 51.3 Å². The molecule has 1 amide bonds. The fraction of sp³-hybridized carbons (Fsp3) is 0.227. The molecule has 3 N–H and O–H groups in total. The Kier molecular flexibility index (Phi) is 9.62. The molecule has 2 aromatic carbocycles. The van der Waals surface area contributed by atoms with Crippen LogP contribution in [0.2, 0.25) is 10.0 Å². The zero-order valence-electron chi connectivity index (χ0n) is 18.1. The number of allylic oxidation sites excluding steroid dienone is 1. The average molecular weight is 634 g/mol. The molecule has 0 aliphatic heterocycles. The van der Waals surface area contributed by atoms with Crippen LogP contribution in [0.5, 0.6) is 0 Å². The molecule has 0 aromatic heterocycles. The molecular weight excluding hydrogens is 620 g/mol. The van der Waals surface area contributed by atoms with Crippen molar-refractivity contribution < 1.29 is 35.5 Å². The van der Waals surface area contributed by atoms with Crippen molar-refractivity contribution in [1.82, 2.24) is 5.32 Å². The number of carbonyl (C=O) groups excluding carboxylic acids is 1. The van der Waals surface area contributed by atoms with Gasteiger partial charge in [-0.2, -0.15) is 31.6 Å². The lowest BCUT2D eigenvalue weighted by atomic mass is 9.94. The van der Waals surface area contributed by atoms with E-state index in [0.29, 0.717) is 11.1 Å². The van der Waals surface area contributed by atoms with E-state index in [9.17, 15) is 35.5 Å². The summed E-state index contributed by atoms with van der Waals surface area (Å²) in [5.41, 5.74) is -1.02. The van der Waals surface area contributed by atoms with Gasteiger partial charge in [0.2, 0.25) is 5.91 Å². The van der Waals surface area contributed by atoms with Crippen molar-refractivity contribution in [2.75, 3.05) is 0 Å². The van der Waals surface area contributed by atoms with Gasteiger partial charge in [0.1, 0.15) is 6.42 Å². The SMILES string of the molecule is N#CCC(=O)NCc1cc(C(C=Nc2c(Cl)cc(C(F)(C(F)(F)F)C(F)(F)F)cc2Br)=CN)ccc1Cl. The number of hydrogen-bond donors (Lipinski definition) is 2. The number of hydrogen-bond acceptors (Lipinski definition) is 4. The Morgan fingerprint density at radius 1 is 1.08 bits per heavy atom. The maximum atomic E-state index is 14.4. The van der Waals surface area contributed by atoms with Crippen LogP contribution in [0.1, 0.15) is 23.1 Å². The van der Waals surface area contributed by atoms with Gasteiger partial charge < -0.3 is 11.1 Å². The number of aliphatic imine (C=N–C) groups is 1. The second-order valence-electron chi connectivity index (χ2n) is 7.24. The highest BCUT2D eigenvalue weighted by atomic mass is 79.9. The highest BCUT2D eigenvalue weighted by molar-refractivity contribution is 9.10. The molecule has 2 rings (SSSR count). The lowest BCUT2D eigenvalue weighted by Crippen LogP contribution is -2.50. The van der Waals surface area contributed by atoms with E-state index in [0.717, 1.165) is 12.4 Å². The van der Waals surface area contributed by atoms with Crippen LogP contribution in [-0.2, 0) is 17.0 Å². The fourth-order valence-electron chi connectivity index (χ4n) is 2.94. The van der Waals surface area contributed by atoms with E-state index in [1.807, 2.05) is 0 Å². The summed E-state index contributed by atoms with van der Waals surface area (Å²) in [5, 5.41) is 10.6. The Morgan fingerprint density at radius 3 is 2.22 bits per heavy atom. The Morgan fingerprint density at radius 2 is 1.70 bits per heavy atom. The summed E-state index contributed by atoms with van der Waals surface area (Å²) in [4.78, 5) is 15.5. The smallest absolute Gasteiger partial charge is 0.404 e. The molecule has 2 aromatic rings. The van der Waals surface area contributed by atoms with E-state index in [4.69, 9.17) is 34.2 Å². The van der Waals surface area contributed by atoms with Crippen molar-refractivity contribution >= 4 is 62.5 Å². The van der Waals surface area contributed by atoms with Gasteiger partial charge in [0.05, 0.1) is 16.8 Å². The molecule has 37 heavy (non-hydrogen) atoms. The van der Waals surface area contributed by atoms with Crippen molar-refractivity contribution in [2.24, 2.45) is 10.7 Å². The van der Waals surface area contributed by atoms with Crippen molar-refractivity contribution in [3.63, 3.8) is 0 Å². The third-order valence-electron chi connectivity index (χ3n) is 4.80. The third-order valence-corrected chi connectivity index (χ3v) is 6.06. The monoisotopic (exact) mass is 632 g/mol. The molecule has 0 radical (unpaired) electrons. The maximum absolute atomic E-state index is 14.4. The van der Waals surface area contributed by atoms with E-state index >= 15 is 0 Å².